The molecule has 19 heavy (non-hydrogen) atoms. The second kappa shape index (κ2) is 4.08. The smallest absolute Gasteiger partial charge is 0.335 e. The molecular weight excluding hydrogens is 242 g/mol. The van der Waals surface area contributed by atoms with Crippen molar-refractivity contribution in [2.75, 3.05) is 0 Å². The SMILES string of the molecule is CC1(C)C(NC(=O)c2cccc(C(=O)O)c2)C1(C)C. The van der Waals surface area contributed by atoms with Crippen LogP contribution in [0, 0.1) is 10.8 Å². The fourth-order valence-corrected chi connectivity index (χ4v) is 2.57. The van der Waals surface area contributed by atoms with E-state index in [2.05, 4.69) is 33.0 Å². The van der Waals surface area contributed by atoms with E-state index in [1.54, 1.807) is 12.1 Å². The van der Waals surface area contributed by atoms with Gasteiger partial charge in [-0.2, -0.15) is 0 Å². The molecule has 4 heteroatoms. The van der Waals surface area contributed by atoms with Crippen molar-refractivity contribution in [1.29, 1.82) is 0 Å². The molecule has 1 amide bonds. The number of carboxylic acids is 1. The van der Waals surface area contributed by atoms with Crippen LogP contribution in [-0.2, 0) is 0 Å². The van der Waals surface area contributed by atoms with Gasteiger partial charge in [-0.1, -0.05) is 33.8 Å². The molecule has 0 aliphatic heterocycles. The number of nitrogens with one attached hydrogen (secondary N) is 1. The van der Waals surface area contributed by atoms with Crippen LogP contribution in [0.25, 0.3) is 0 Å². The normalized spacial score (nSPS) is 19.8. The summed E-state index contributed by atoms with van der Waals surface area (Å²) in [7, 11) is 0. The molecule has 0 radical (unpaired) electrons. The number of hydrogen-bond donors (Lipinski definition) is 2. The van der Waals surface area contributed by atoms with Crippen LogP contribution < -0.4 is 5.32 Å². The molecule has 2 N–H and O–H groups in total. The van der Waals surface area contributed by atoms with E-state index < -0.39 is 5.97 Å². The summed E-state index contributed by atoms with van der Waals surface area (Å²) in [5, 5.41) is 11.9. The topological polar surface area (TPSA) is 66.4 Å². The minimum absolute atomic E-state index is 0.0626. The maximum atomic E-state index is 12.1. The van der Waals surface area contributed by atoms with E-state index in [4.69, 9.17) is 5.11 Å². The molecule has 1 fully saturated rings. The number of rotatable bonds is 3. The second-order valence-electron chi connectivity index (χ2n) is 6.24. The predicted molar refractivity (Wildman–Crippen MR) is 72.2 cm³/mol. The molecule has 0 aromatic heterocycles. The molecule has 0 atom stereocenters. The predicted octanol–water partition coefficient (Wildman–Crippen LogP) is 2.55. The minimum atomic E-state index is -1.03. The summed E-state index contributed by atoms with van der Waals surface area (Å²) < 4.78 is 0. The maximum Gasteiger partial charge on any atom is 0.335 e. The quantitative estimate of drug-likeness (QED) is 0.878. The zero-order chi connectivity index (χ0) is 14.4. The van der Waals surface area contributed by atoms with Crippen molar-refractivity contribution in [3.8, 4) is 0 Å². The number of hydrogen-bond acceptors (Lipinski definition) is 2. The lowest BCUT2D eigenvalue weighted by molar-refractivity contribution is 0.0697. The summed E-state index contributed by atoms with van der Waals surface area (Å²) in [5.74, 6) is -1.24. The van der Waals surface area contributed by atoms with Crippen LogP contribution in [-0.4, -0.2) is 23.0 Å². The molecule has 1 saturated carbocycles. The Morgan fingerprint density at radius 3 is 2.11 bits per heavy atom. The average Bonchev–Trinajstić information content (AvgIpc) is 2.71. The third-order valence-electron chi connectivity index (χ3n) is 4.67. The largest absolute Gasteiger partial charge is 0.478 e. The highest BCUT2D eigenvalue weighted by Gasteiger charge is 2.65. The number of benzene rings is 1. The van der Waals surface area contributed by atoms with Gasteiger partial charge in [-0.15, -0.1) is 0 Å². The van der Waals surface area contributed by atoms with Gasteiger partial charge in [0.1, 0.15) is 0 Å². The average molecular weight is 261 g/mol. The third kappa shape index (κ3) is 2.11. The molecule has 0 heterocycles. The van der Waals surface area contributed by atoms with Crippen molar-refractivity contribution in [3.63, 3.8) is 0 Å². The van der Waals surface area contributed by atoms with E-state index >= 15 is 0 Å². The molecule has 2 rings (SSSR count). The minimum Gasteiger partial charge on any atom is -0.478 e. The maximum absolute atomic E-state index is 12.1. The van der Waals surface area contributed by atoms with Gasteiger partial charge in [0.25, 0.3) is 5.91 Å². The molecule has 0 bridgehead atoms. The standard InChI is InChI=1S/C15H19NO3/c1-14(2)13(15(14,3)4)16-11(17)9-6-5-7-10(8-9)12(18)19/h5-8,13H,1-4H3,(H,16,17)(H,18,19). The first-order chi connectivity index (χ1) is 8.68. The Bertz CT molecular complexity index is 532. The third-order valence-corrected chi connectivity index (χ3v) is 4.67. The van der Waals surface area contributed by atoms with E-state index in [1.165, 1.54) is 12.1 Å². The van der Waals surface area contributed by atoms with E-state index in [9.17, 15) is 9.59 Å². The Labute approximate surface area is 112 Å². The number of amides is 1. The Kier molecular flexibility index (Phi) is 2.92. The molecule has 0 unspecified atom stereocenters. The molecule has 102 valence electrons. The molecule has 1 aliphatic rings. The van der Waals surface area contributed by atoms with Crippen molar-refractivity contribution < 1.29 is 14.7 Å². The van der Waals surface area contributed by atoms with E-state index in [1.807, 2.05) is 0 Å². The Morgan fingerprint density at radius 2 is 1.63 bits per heavy atom. The summed E-state index contributed by atoms with van der Waals surface area (Å²) >= 11 is 0. The van der Waals surface area contributed by atoms with Gasteiger partial charge in [0.05, 0.1) is 5.56 Å². The van der Waals surface area contributed by atoms with Crippen molar-refractivity contribution in [2.45, 2.75) is 33.7 Å². The first-order valence-electron chi connectivity index (χ1n) is 6.32. The highest BCUT2D eigenvalue weighted by Crippen LogP contribution is 2.62. The fourth-order valence-electron chi connectivity index (χ4n) is 2.57. The fraction of sp³-hybridized carbons (Fsp3) is 0.467. The van der Waals surface area contributed by atoms with Gasteiger partial charge in [0, 0.05) is 11.6 Å². The van der Waals surface area contributed by atoms with Crippen molar-refractivity contribution >= 4 is 11.9 Å². The molecular formula is C15H19NO3. The van der Waals surface area contributed by atoms with Gasteiger partial charge in [0.15, 0.2) is 0 Å². The van der Waals surface area contributed by atoms with Gasteiger partial charge in [-0.25, -0.2) is 4.79 Å². The molecule has 0 saturated heterocycles. The van der Waals surface area contributed by atoms with Crippen LogP contribution in [0.2, 0.25) is 0 Å². The summed E-state index contributed by atoms with van der Waals surface area (Å²) in [6, 6.07) is 6.21. The van der Waals surface area contributed by atoms with Gasteiger partial charge >= 0.3 is 5.97 Å². The zero-order valence-electron chi connectivity index (χ0n) is 11.7. The number of aromatic carboxylic acids is 1. The lowest BCUT2D eigenvalue weighted by Gasteiger charge is -2.07. The first kappa shape index (κ1) is 13.6. The first-order valence-corrected chi connectivity index (χ1v) is 6.32. The monoisotopic (exact) mass is 261 g/mol. The Morgan fingerprint density at radius 1 is 1.11 bits per heavy atom. The lowest BCUT2D eigenvalue weighted by atomic mass is 10.0. The van der Waals surface area contributed by atoms with Crippen LogP contribution in [0.3, 0.4) is 0 Å². The highest BCUT2D eigenvalue weighted by molar-refractivity contribution is 5.97. The summed E-state index contributed by atoms with van der Waals surface area (Å²) in [4.78, 5) is 23.0. The van der Waals surface area contributed by atoms with Crippen molar-refractivity contribution in [1.82, 2.24) is 5.32 Å². The lowest BCUT2D eigenvalue weighted by Crippen LogP contribution is -2.29. The summed E-state index contributed by atoms with van der Waals surface area (Å²) in [6.45, 7) is 8.47. The highest BCUT2D eigenvalue weighted by atomic mass is 16.4. The van der Waals surface area contributed by atoms with Crippen LogP contribution in [0.5, 0.6) is 0 Å². The summed E-state index contributed by atoms with van der Waals surface area (Å²) in [5.41, 5.74) is 0.639. The van der Waals surface area contributed by atoms with Gasteiger partial charge in [-0.3, -0.25) is 4.79 Å². The molecule has 0 spiro atoms. The second-order valence-corrected chi connectivity index (χ2v) is 6.24. The van der Waals surface area contributed by atoms with E-state index in [-0.39, 0.29) is 28.3 Å². The Balaban J connectivity index is 2.14. The van der Waals surface area contributed by atoms with Crippen LogP contribution in [0.15, 0.2) is 24.3 Å². The van der Waals surface area contributed by atoms with Crippen LogP contribution in [0.1, 0.15) is 48.4 Å². The van der Waals surface area contributed by atoms with E-state index in [0.29, 0.717) is 5.56 Å². The molecule has 1 aromatic carbocycles. The number of carbonyl (C=O) groups is 2. The molecule has 4 nitrogen and oxygen atoms in total. The molecule has 1 aliphatic carbocycles. The zero-order valence-corrected chi connectivity index (χ0v) is 11.7. The van der Waals surface area contributed by atoms with Gasteiger partial charge < -0.3 is 10.4 Å². The van der Waals surface area contributed by atoms with Gasteiger partial charge in [-0.05, 0) is 29.0 Å². The van der Waals surface area contributed by atoms with E-state index in [0.717, 1.165) is 0 Å². The van der Waals surface area contributed by atoms with Crippen molar-refractivity contribution in [3.05, 3.63) is 35.4 Å². The van der Waals surface area contributed by atoms with Crippen molar-refractivity contribution in [2.24, 2.45) is 10.8 Å². The molecule has 1 aromatic rings. The Hall–Kier alpha value is -1.84. The van der Waals surface area contributed by atoms with Crippen LogP contribution >= 0.6 is 0 Å². The number of carbonyl (C=O) groups excluding carboxylic acids is 1. The number of carboxylic acid groups (broad SMARTS) is 1. The summed E-state index contributed by atoms with van der Waals surface area (Å²) in [6.07, 6.45) is 0. The van der Waals surface area contributed by atoms with Crippen LogP contribution in [0.4, 0.5) is 0 Å². The van der Waals surface area contributed by atoms with Gasteiger partial charge in [0.2, 0.25) is 0 Å².